The Morgan fingerprint density at radius 2 is 1.82 bits per heavy atom. The number of hydrogen-bond acceptors (Lipinski definition) is 2. The van der Waals surface area contributed by atoms with Gasteiger partial charge in [0.25, 0.3) is 0 Å². The minimum Gasteiger partial charge on any atom is -0.343 e. The molecule has 100 valence electrons. The Morgan fingerprint density at radius 1 is 1.18 bits per heavy atom. The summed E-state index contributed by atoms with van der Waals surface area (Å²) >= 11 is 0. The Bertz CT molecular complexity index is 222. The number of nitrogens with zero attached hydrogens (tertiary/aromatic N) is 1. The van der Waals surface area contributed by atoms with E-state index in [0.29, 0.717) is 18.4 Å². The van der Waals surface area contributed by atoms with Crippen molar-refractivity contribution in [3.63, 3.8) is 0 Å². The molecule has 1 atom stereocenters. The van der Waals surface area contributed by atoms with Gasteiger partial charge in [0, 0.05) is 32.1 Å². The second-order valence-electron chi connectivity index (χ2n) is 5.68. The van der Waals surface area contributed by atoms with Gasteiger partial charge in [0.15, 0.2) is 0 Å². The van der Waals surface area contributed by atoms with Gasteiger partial charge in [0.1, 0.15) is 0 Å². The van der Waals surface area contributed by atoms with Gasteiger partial charge in [-0.15, -0.1) is 0 Å². The molecule has 17 heavy (non-hydrogen) atoms. The van der Waals surface area contributed by atoms with E-state index in [1.54, 1.807) is 0 Å². The predicted molar refractivity (Wildman–Crippen MR) is 72.0 cm³/mol. The zero-order valence-electron chi connectivity index (χ0n) is 11.7. The van der Waals surface area contributed by atoms with Gasteiger partial charge in [0.05, 0.1) is 0 Å². The molecule has 0 bridgehead atoms. The highest BCUT2D eigenvalue weighted by Gasteiger charge is 2.15. The first-order valence-corrected chi connectivity index (χ1v) is 7.10. The lowest BCUT2D eigenvalue weighted by atomic mass is 10.1. The molecule has 1 unspecified atom stereocenters. The van der Waals surface area contributed by atoms with E-state index in [1.165, 1.54) is 25.7 Å². The van der Waals surface area contributed by atoms with E-state index in [9.17, 15) is 4.79 Å². The van der Waals surface area contributed by atoms with Crippen LogP contribution in [-0.2, 0) is 4.79 Å². The van der Waals surface area contributed by atoms with Crippen LogP contribution in [0.25, 0.3) is 0 Å². The number of amides is 1. The van der Waals surface area contributed by atoms with Crippen molar-refractivity contribution < 1.29 is 4.79 Å². The van der Waals surface area contributed by atoms with E-state index in [-0.39, 0.29) is 0 Å². The lowest BCUT2D eigenvalue weighted by Gasteiger charge is -2.27. The summed E-state index contributed by atoms with van der Waals surface area (Å²) in [7, 11) is 0. The summed E-state index contributed by atoms with van der Waals surface area (Å²) in [5.74, 6) is 1.05. The van der Waals surface area contributed by atoms with Crippen molar-refractivity contribution in [3.05, 3.63) is 0 Å². The first kappa shape index (κ1) is 14.5. The molecule has 3 heteroatoms. The molecule has 0 aromatic heterocycles. The molecule has 0 saturated carbocycles. The normalized spacial score (nSPS) is 18.5. The van der Waals surface area contributed by atoms with Gasteiger partial charge in [0.2, 0.25) is 5.91 Å². The fourth-order valence-corrected chi connectivity index (χ4v) is 2.52. The molecule has 1 heterocycles. The van der Waals surface area contributed by atoms with E-state index >= 15 is 0 Å². The Morgan fingerprint density at radius 3 is 2.41 bits per heavy atom. The topological polar surface area (TPSA) is 32.3 Å². The molecule has 1 rings (SSSR count). The lowest BCUT2D eigenvalue weighted by molar-refractivity contribution is -0.131. The second-order valence-corrected chi connectivity index (χ2v) is 5.68. The standard InChI is InChI=1S/C14H28N2O/c1-12(2)11-13(3)15-8-7-14(17)16-9-5-4-6-10-16/h12-13,15H,4-11H2,1-3H3. The number of piperidine rings is 1. The fourth-order valence-electron chi connectivity index (χ4n) is 2.52. The lowest BCUT2D eigenvalue weighted by Crippen LogP contribution is -2.38. The average molecular weight is 240 g/mol. The molecular weight excluding hydrogens is 212 g/mol. The van der Waals surface area contributed by atoms with Gasteiger partial charge in [-0.2, -0.15) is 0 Å². The summed E-state index contributed by atoms with van der Waals surface area (Å²) in [5, 5.41) is 3.44. The van der Waals surface area contributed by atoms with Crippen LogP contribution >= 0.6 is 0 Å². The molecule has 1 aliphatic rings. The number of carbonyl (C=O) groups excluding carboxylic acids is 1. The summed E-state index contributed by atoms with van der Waals surface area (Å²) in [6.07, 6.45) is 5.49. The summed E-state index contributed by atoms with van der Waals surface area (Å²) in [6.45, 7) is 9.43. The van der Waals surface area contributed by atoms with Gasteiger partial charge < -0.3 is 10.2 Å². The van der Waals surface area contributed by atoms with Crippen LogP contribution in [-0.4, -0.2) is 36.5 Å². The van der Waals surface area contributed by atoms with Gasteiger partial charge in [-0.25, -0.2) is 0 Å². The Hall–Kier alpha value is -0.570. The van der Waals surface area contributed by atoms with Crippen molar-refractivity contribution in [2.24, 2.45) is 5.92 Å². The summed E-state index contributed by atoms with van der Waals surface area (Å²) < 4.78 is 0. The number of nitrogens with one attached hydrogen (secondary N) is 1. The fraction of sp³-hybridized carbons (Fsp3) is 0.929. The van der Waals surface area contributed by atoms with E-state index in [0.717, 1.165) is 25.6 Å². The molecular formula is C14H28N2O. The average Bonchev–Trinajstić information content (AvgIpc) is 2.29. The third kappa shape index (κ3) is 6.06. The number of hydrogen-bond donors (Lipinski definition) is 1. The quantitative estimate of drug-likeness (QED) is 0.773. The summed E-state index contributed by atoms with van der Waals surface area (Å²) in [6, 6.07) is 0.518. The van der Waals surface area contributed by atoms with Gasteiger partial charge in [-0.3, -0.25) is 4.79 Å². The van der Waals surface area contributed by atoms with Crippen molar-refractivity contribution >= 4 is 5.91 Å². The third-order valence-electron chi connectivity index (χ3n) is 3.37. The zero-order chi connectivity index (χ0) is 12.7. The van der Waals surface area contributed by atoms with Crippen LogP contribution in [0.3, 0.4) is 0 Å². The van der Waals surface area contributed by atoms with Crippen LogP contribution in [0.1, 0.15) is 52.9 Å². The van der Waals surface area contributed by atoms with Gasteiger partial charge in [-0.05, 0) is 38.5 Å². The number of carbonyl (C=O) groups is 1. The summed E-state index contributed by atoms with van der Waals surface area (Å²) in [4.78, 5) is 13.9. The maximum Gasteiger partial charge on any atom is 0.223 e. The van der Waals surface area contributed by atoms with Crippen LogP contribution in [0.5, 0.6) is 0 Å². The van der Waals surface area contributed by atoms with Crippen LogP contribution in [0.2, 0.25) is 0 Å². The Balaban J connectivity index is 2.10. The highest BCUT2D eigenvalue weighted by Crippen LogP contribution is 2.09. The molecule has 1 aliphatic heterocycles. The molecule has 1 N–H and O–H groups in total. The van der Waals surface area contributed by atoms with Gasteiger partial charge >= 0.3 is 0 Å². The first-order chi connectivity index (χ1) is 8.09. The van der Waals surface area contributed by atoms with E-state index in [4.69, 9.17) is 0 Å². The molecule has 0 aromatic carbocycles. The summed E-state index contributed by atoms with van der Waals surface area (Å²) in [5.41, 5.74) is 0. The van der Waals surface area contributed by atoms with Crippen molar-refractivity contribution in [3.8, 4) is 0 Å². The smallest absolute Gasteiger partial charge is 0.223 e. The van der Waals surface area contributed by atoms with Crippen molar-refractivity contribution in [1.29, 1.82) is 0 Å². The molecule has 0 aromatic rings. The zero-order valence-corrected chi connectivity index (χ0v) is 11.7. The highest BCUT2D eigenvalue weighted by atomic mass is 16.2. The molecule has 1 amide bonds. The van der Waals surface area contributed by atoms with E-state index in [1.807, 2.05) is 4.90 Å². The van der Waals surface area contributed by atoms with Crippen LogP contribution in [0.4, 0.5) is 0 Å². The van der Waals surface area contributed by atoms with Gasteiger partial charge in [-0.1, -0.05) is 13.8 Å². The largest absolute Gasteiger partial charge is 0.343 e. The molecule has 1 saturated heterocycles. The van der Waals surface area contributed by atoms with Crippen molar-refractivity contribution in [2.75, 3.05) is 19.6 Å². The Kier molecular flexibility index (Phi) is 6.56. The SMILES string of the molecule is CC(C)CC(C)NCCC(=O)N1CCCCC1. The second kappa shape index (κ2) is 7.70. The maximum atomic E-state index is 11.9. The minimum absolute atomic E-state index is 0.328. The Labute approximate surface area is 106 Å². The van der Waals surface area contributed by atoms with Crippen molar-refractivity contribution in [1.82, 2.24) is 10.2 Å². The van der Waals surface area contributed by atoms with E-state index in [2.05, 4.69) is 26.1 Å². The molecule has 3 nitrogen and oxygen atoms in total. The third-order valence-corrected chi connectivity index (χ3v) is 3.37. The van der Waals surface area contributed by atoms with Crippen LogP contribution < -0.4 is 5.32 Å². The van der Waals surface area contributed by atoms with Crippen LogP contribution in [0.15, 0.2) is 0 Å². The molecule has 1 fully saturated rings. The molecule has 0 radical (unpaired) electrons. The maximum absolute atomic E-state index is 11.9. The van der Waals surface area contributed by atoms with Crippen molar-refractivity contribution in [2.45, 2.75) is 58.9 Å². The monoisotopic (exact) mass is 240 g/mol. The first-order valence-electron chi connectivity index (χ1n) is 7.10. The highest BCUT2D eigenvalue weighted by molar-refractivity contribution is 5.76. The molecule has 0 aliphatic carbocycles. The van der Waals surface area contributed by atoms with E-state index < -0.39 is 0 Å². The molecule has 0 spiro atoms. The predicted octanol–water partition coefficient (Wildman–Crippen LogP) is 2.41. The minimum atomic E-state index is 0.328. The van der Waals surface area contributed by atoms with Crippen LogP contribution in [0, 0.1) is 5.92 Å². The number of likely N-dealkylation sites (tertiary alicyclic amines) is 1. The number of rotatable bonds is 6.